The molecule has 0 aliphatic rings. The largest absolute Gasteiger partial charge is 0.385 e. The highest BCUT2D eigenvalue weighted by Crippen LogP contribution is 2.37. The normalized spacial score (nSPS) is 11.6. The average molecular weight is 438 g/mol. The third-order valence-electron chi connectivity index (χ3n) is 4.01. The molecular weight excluding hydrogens is 424 g/mol. The molecule has 0 unspecified atom stereocenters. The lowest BCUT2D eigenvalue weighted by molar-refractivity contribution is 0.190. The van der Waals surface area contributed by atoms with Crippen molar-refractivity contribution in [3.8, 4) is 11.3 Å². The lowest BCUT2D eigenvalue weighted by Crippen LogP contribution is -2.00. The molecule has 0 bridgehead atoms. The van der Waals surface area contributed by atoms with E-state index in [0.29, 0.717) is 6.61 Å². The zero-order chi connectivity index (χ0) is 17.4. The van der Waals surface area contributed by atoms with Crippen molar-refractivity contribution in [2.24, 2.45) is 0 Å². The van der Waals surface area contributed by atoms with Crippen LogP contribution in [0.15, 0.2) is 34.5 Å². The van der Waals surface area contributed by atoms with E-state index < -0.39 is 0 Å². The maximum absolute atomic E-state index is 6.16. The molecule has 4 aromatic heterocycles. The Labute approximate surface area is 161 Å². The molecule has 128 valence electrons. The highest BCUT2D eigenvalue weighted by atomic mass is 79.9. The molecule has 0 aliphatic carbocycles. The molecule has 4 rings (SSSR count). The molecule has 0 aliphatic heterocycles. The van der Waals surface area contributed by atoms with Crippen LogP contribution in [0.4, 0.5) is 0 Å². The first-order valence-corrected chi connectivity index (χ1v) is 9.77. The third-order valence-corrected chi connectivity index (χ3v) is 5.53. The Morgan fingerprint density at radius 3 is 3.08 bits per heavy atom. The first kappa shape index (κ1) is 16.9. The number of aryl methyl sites for hydroxylation is 1. The molecule has 0 saturated heterocycles. The van der Waals surface area contributed by atoms with Gasteiger partial charge in [-0.1, -0.05) is 0 Å². The zero-order valence-corrected chi connectivity index (χ0v) is 16.5. The van der Waals surface area contributed by atoms with E-state index in [1.807, 2.05) is 23.7 Å². The minimum absolute atomic E-state index is 0.259. The molecule has 4 heterocycles. The first-order chi connectivity index (χ1) is 12.2. The van der Waals surface area contributed by atoms with Gasteiger partial charge in [0.1, 0.15) is 4.60 Å². The van der Waals surface area contributed by atoms with Gasteiger partial charge in [0.05, 0.1) is 27.6 Å². The topological polar surface area (TPSA) is 52.8 Å². The molecule has 0 saturated carbocycles. The first-order valence-electron chi connectivity index (χ1n) is 7.72. The standard InChI is InChI=1S/C17H14BrClN4OS/c1-24-5-2-4-23-9-11(10-7-14(18)20-8-13(10)23)15-16-12(3-6-25-16)21-17(19)22-15/h3,6-9H,2,4-5H2,1H3. The van der Waals surface area contributed by atoms with Crippen LogP contribution in [0.5, 0.6) is 0 Å². The van der Waals surface area contributed by atoms with Gasteiger partial charge in [0.15, 0.2) is 0 Å². The Hall–Kier alpha value is -1.54. The summed E-state index contributed by atoms with van der Waals surface area (Å²) in [7, 11) is 1.72. The van der Waals surface area contributed by atoms with Gasteiger partial charge in [-0.25, -0.2) is 15.0 Å². The number of thiophene rings is 1. The molecule has 0 radical (unpaired) electrons. The van der Waals surface area contributed by atoms with Gasteiger partial charge in [-0.3, -0.25) is 0 Å². The second kappa shape index (κ2) is 6.99. The molecule has 0 fully saturated rings. The smallest absolute Gasteiger partial charge is 0.223 e. The molecule has 5 nitrogen and oxygen atoms in total. The van der Waals surface area contributed by atoms with Gasteiger partial charge >= 0.3 is 0 Å². The molecule has 0 amide bonds. The van der Waals surface area contributed by atoms with E-state index in [4.69, 9.17) is 16.3 Å². The molecule has 0 spiro atoms. The summed E-state index contributed by atoms with van der Waals surface area (Å²) in [5.41, 5.74) is 3.83. The maximum Gasteiger partial charge on any atom is 0.223 e. The third kappa shape index (κ3) is 3.17. The van der Waals surface area contributed by atoms with Gasteiger partial charge in [0.2, 0.25) is 5.28 Å². The zero-order valence-electron chi connectivity index (χ0n) is 13.4. The molecule has 4 aromatic rings. The van der Waals surface area contributed by atoms with Crippen LogP contribution in [0.25, 0.3) is 32.4 Å². The number of pyridine rings is 1. The van der Waals surface area contributed by atoms with Crippen LogP contribution in [0.2, 0.25) is 5.28 Å². The van der Waals surface area contributed by atoms with E-state index in [2.05, 4.69) is 41.6 Å². The van der Waals surface area contributed by atoms with Crippen molar-refractivity contribution < 1.29 is 4.74 Å². The van der Waals surface area contributed by atoms with Gasteiger partial charge in [0.25, 0.3) is 0 Å². The van der Waals surface area contributed by atoms with Crippen molar-refractivity contribution in [3.63, 3.8) is 0 Å². The predicted molar refractivity (Wildman–Crippen MR) is 105 cm³/mol. The number of rotatable bonds is 5. The van der Waals surface area contributed by atoms with Gasteiger partial charge in [-0.15, -0.1) is 11.3 Å². The lowest BCUT2D eigenvalue weighted by atomic mass is 10.1. The molecule has 25 heavy (non-hydrogen) atoms. The number of halogens is 2. The minimum Gasteiger partial charge on any atom is -0.385 e. The van der Waals surface area contributed by atoms with E-state index in [9.17, 15) is 0 Å². The molecule has 0 N–H and O–H groups in total. The monoisotopic (exact) mass is 436 g/mol. The lowest BCUT2D eigenvalue weighted by Gasteiger charge is -2.04. The Morgan fingerprint density at radius 1 is 1.36 bits per heavy atom. The fraction of sp³-hybridized carbons (Fsp3) is 0.235. The molecule has 8 heteroatoms. The SMILES string of the molecule is COCCCn1cc(-c2nc(Cl)nc3ccsc23)c2cc(Br)ncc21. The summed E-state index contributed by atoms with van der Waals surface area (Å²) >= 11 is 11.3. The van der Waals surface area contributed by atoms with E-state index in [1.54, 1.807) is 18.4 Å². The minimum atomic E-state index is 0.259. The van der Waals surface area contributed by atoms with Crippen LogP contribution in [0.3, 0.4) is 0 Å². The Morgan fingerprint density at radius 2 is 2.24 bits per heavy atom. The quantitative estimate of drug-likeness (QED) is 0.246. The predicted octanol–water partition coefficient (Wildman–Crippen LogP) is 5.16. The summed E-state index contributed by atoms with van der Waals surface area (Å²) in [6.07, 6.45) is 4.92. The van der Waals surface area contributed by atoms with Crippen LogP contribution in [-0.4, -0.2) is 33.2 Å². The summed E-state index contributed by atoms with van der Waals surface area (Å²) < 4.78 is 9.20. The van der Waals surface area contributed by atoms with Crippen LogP contribution in [0.1, 0.15) is 6.42 Å². The van der Waals surface area contributed by atoms with Crippen molar-refractivity contribution in [2.75, 3.05) is 13.7 Å². The van der Waals surface area contributed by atoms with E-state index in [-0.39, 0.29) is 5.28 Å². The number of hydrogen-bond acceptors (Lipinski definition) is 5. The van der Waals surface area contributed by atoms with Crippen molar-refractivity contribution in [3.05, 3.63) is 39.8 Å². The number of hydrogen-bond donors (Lipinski definition) is 0. The maximum atomic E-state index is 6.16. The van der Waals surface area contributed by atoms with Crippen molar-refractivity contribution in [1.29, 1.82) is 0 Å². The fourth-order valence-electron chi connectivity index (χ4n) is 2.93. The molecule has 0 aromatic carbocycles. The summed E-state index contributed by atoms with van der Waals surface area (Å²) in [5, 5.41) is 3.35. The summed E-state index contributed by atoms with van der Waals surface area (Å²) in [6, 6.07) is 3.99. The van der Waals surface area contributed by atoms with Gasteiger partial charge in [0, 0.05) is 37.4 Å². The van der Waals surface area contributed by atoms with Crippen molar-refractivity contribution in [1.82, 2.24) is 19.5 Å². The number of nitrogens with zero attached hydrogens (tertiary/aromatic N) is 4. The highest BCUT2D eigenvalue weighted by molar-refractivity contribution is 9.10. The van der Waals surface area contributed by atoms with Crippen LogP contribution < -0.4 is 0 Å². The second-order valence-electron chi connectivity index (χ2n) is 5.58. The summed E-state index contributed by atoms with van der Waals surface area (Å²) in [5.74, 6) is 0. The second-order valence-corrected chi connectivity index (χ2v) is 7.65. The number of ether oxygens (including phenoxy) is 1. The Balaban J connectivity index is 1.94. The fourth-order valence-corrected chi connectivity index (χ4v) is 4.27. The van der Waals surface area contributed by atoms with Crippen LogP contribution >= 0.6 is 38.9 Å². The molecular formula is C17H14BrClN4OS. The van der Waals surface area contributed by atoms with E-state index in [1.165, 1.54) is 0 Å². The van der Waals surface area contributed by atoms with E-state index >= 15 is 0 Å². The van der Waals surface area contributed by atoms with E-state index in [0.717, 1.165) is 49.9 Å². The van der Waals surface area contributed by atoms with Crippen molar-refractivity contribution >= 4 is 60.0 Å². The van der Waals surface area contributed by atoms with Gasteiger partial charge in [-0.2, -0.15) is 0 Å². The number of fused-ring (bicyclic) bond motifs is 2. The number of methoxy groups -OCH3 is 1. The Bertz CT molecular complexity index is 1060. The van der Waals surface area contributed by atoms with Crippen LogP contribution in [-0.2, 0) is 11.3 Å². The van der Waals surface area contributed by atoms with Crippen LogP contribution in [0, 0.1) is 0 Å². The average Bonchev–Trinajstić information content (AvgIpc) is 3.19. The highest BCUT2D eigenvalue weighted by Gasteiger charge is 2.17. The van der Waals surface area contributed by atoms with Gasteiger partial charge in [-0.05, 0) is 51.5 Å². The van der Waals surface area contributed by atoms with Gasteiger partial charge < -0.3 is 9.30 Å². The molecule has 0 atom stereocenters. The van der Waals surface area contributed by atoms with Crippen molar-refractivity contribution in [2.45, 2.75) is 13.0 Å². The summed E-state index contributed by atoms with van der Waals surface area (Å²) in [4.78, 5) is 13.2. The number of aromatic nitrogens is 4. The Kier molecular flexibility index (Phi) is 4.73. The summed E-state index contributed by atoms with van der Waals surface area (Å²) in [6.45, 7) is 1.56.